The molecular formula is C24H26N4O5S. The number of benzene rings is 2. The molecule has 0 atom stereocenters. The normalized spacial score (nSPS) is 15.6. The summed E-state index contributed by atoms with van der Waals surface area (Å²) in [6, 6.07) is 12.2. The van der Waals surface area contributed by atoms with Gasteiger partial charge < -0.3 is 14.2 Å². The molecule has 5 rings (SSSR count). The Morgan fingerprint density at radius 3 is 2.68 bits per heavy atom. The third-order valence-corrected chi connectivity index (χ3v) is 7.90. The largest absolute Gasteiger partial charge is 0.494 e. The van der Waals surface area contributed by atoms with Gasteiger partial charge in [-0.25, -0.2) is 8.42 Å². The van der Waals surface area contributed by atoms with Crippen molar-refractivity contribution in [3.05, 3.63) is 53.9 Å². The molecule has 2 heterocycles. The molecule has 1 saturated carbocycles. The molecule has 3 aromatic rings. The minimum atomic E-state index is -3.78. The number of amides is 1. The number of carbonyl (C=O) groups excluding carboxylic acids is 1. The number of nitrogens with zero attached hydrogens (tertiary/aromatic N) is 4. The van der Waals surface area contributed by atoms with E-state index in [2.05, 4.69) is 10.1 Å². The Balaban J connectivity index is 1.29. The van der Waals surface area contributed by atoms with Crippen LogP contribution in [-0.2, 0) is 27.8 Å². The molecule has 1 fully saturated rings. The molecule has 9 nitrogen and oxygen atoms in total. The zero-order valence-electron chi connectivity index (χ0n) is 19.1. The second-order valence-electron chi connectivity index (χ2n) is 8.53. The lowest BCUT2D eigenvalue weighted by molar-refractivity contribution is -0.119. The van der Waals surface area contributed by atoms with Crippen molar-refractivity contribution in [1.82, 2.24) is 14.4 Å². The minimum Gasteiger partial charge on any atom is -0.494 e. The molecule has 34 heavy (non-hydrogen) atoms. The predicted molar refractivity (Wildman–Crippen MR) is 125 cm³/mol. The Kier molecular flexibility index (Phi) is 5.86. The van der Waals surface area contributed by atoms with Crippen molar-refractivity contribution in [3.63, 3.8) is 0 Å². The first-order valence-corrected chi connectivity index (χ1v) is 12.8. The van der Waals surface area contributed by atoms with Crippen LogP contribution in [0.2, 0.25) is 0 Å². The van der Waals surface area contributed by atoms with Crippen molar-refractivity contribution in [2.24, 2.45) is 5.92 Å². The zero-order valence-corrected chi connectivity index (χ0v) is 19.9. The van der Waals surface area contributed by atoms with E-state index in [4.69, 9.17) is 9.26 Å². The number of rotatable bonds is 8. The fraction of sp³-hybridized carbons (Fsp3) is 0.375. The van der Waals surface area contributed by atoms with E-state index in [1.165, 1.54) is 11.4 Å². The average Bonchev–Trinajstić information content (AvgIpc) is 3.44. The van der Waals surface area contributed by atoms with Gasteiger partial charge in [-0.3, -0.25) is 4.79 Å². The van der Waals surface area contributed by atoms with Crippen LogP contribution in [0.25, 0.3) is 11.4 Å². The highest BCUT2D eigenvalue weighted by atomic mass is 32.2. The monoisotopic (exact) mass is 482 g/mol. The molecule has 1 amide bonds. The summed E-state index contributed by atoms with van der Waals surface area (Å²) >= 11 is 0. The van der Waals surface area contributed by atoms with Gasteiger partial charge in [-0.2, -0.15) is 9.29 Å². The quantitative estimate of drug-likeness (QED) is 0.485. The SMILES string of the molecule is CCOc1ccc(-c2noc(CN(C)S(=O)(=O)c3ccc4c(c3)CCN4C(=O)C3CC3)n2)cc1. The second kappa shape index (κ2) is 8.84. The molecule has 0 radical (unpaired) electrons. The van der Waals surface area contributed by atoms with Gasteiger partial charge in [0.25, 0.3) is 0 Å². The first kappa shape index (κ1) is 22.5. The summed E-state index contributed by atoms with van der Waals surface area (Å²) in [5.41, 5.74) is 2.43. The molecule has 0 spiro atoms. The predicted octanol–water partition coefficient (Wildman–Crippen LogP) is 3.26. The average molecular weight is 483 g/mol. The summed E-state index contributed by atoms with van der Waals surface area (Å²) in [6.07, 6.45) is 2.53. The van der Waals surface area contributed by atoms with Crippen molar-refractivity contribution in [1.29, 1.82) is 0 Å². The lowest BCUT2D eigenvalue weighted by Crippen LogP contribution is -2.30. The van der Waals surface area contributed by atoms with E-state index in [1.807, 2.05) is 31.2 Å². The Morgan fingerprint density at radius 2 is 1.97 bits per heavy atom. The highest BCUT2D eigenvalue weighted by Crippen LogP contribution is 2.37. The summed E-state index contributed by atoms with van der Waals surface area (Å²) < 4.78 is 38.3. The molecular weight excluding hydrogens is 456 g/mol. The lowest BCUT2D eigenvalue weighted by Gasteiger charge is -2.18. The van der Waals surface area contributed by atoms with Gasteiger partial charge in [-0.05, 0) is 74.2 Å². The van der Waals surface area contributed by atoms with E-state index in [0.717, 1.165) is 35.4 Å². The van der Waals surface area contributed by atoms with Crippen molar-refractivity contribution in [2.75, 3.05) is 25.1 Å². The highest BCUT2D eigenvalue weighted by Gasteiger charge is 2.37. The van der Waals surface area contributed by atoms with Gasteiger partial charge in [0.15, 0.2) is 0 Å². The van der Waals surface area contributed by atoms with Gasteiger partial charge in [0.1, 0.15) is 5.75 Å². The molecule has 1 aliphatic heterocycles. The maximum Gasteiger partial charge on any atom is 0.243 e. The first-order chi connectivity index (χ1) is 16.4. The summed E-state index contributed by atoms with van der Waals surface area (Å²) in [5.74, 6) is 1.59. The van der Waals surface area contributed by atoms with E-state index < -0.39 is 10.0 Å². The minimum absolute atomic E-state index is 0.0598. The maximum atomic E-state index is 13.2. The van der Waals surface area contributed by atoms with Crippen LogP contribution >= 0.6 is 0 Å². The summed E-state index contributed by atoms with van der Waals surface area (Å²) in [7, 11) is -2.30. The number of carbonyl (C=O) groups is 1. The molecule has 1 aromatic heterocycles. The summed E-state index contributed by atoms with van der Waals surface area (Å²) in [5, 5.41) is 3.98. The van der Waals surface area contributed by atoms with Crippen LogP contribution in [0.15, 0.2) is 51.9 Å². The number of hydrogen-bond donors (Lipinski definition) is 0. The van der Waals surface area contributed by atoms with E-state index in [0.29, 0.717) is 25.4 Å². The summed E-state index contributed by atoms with van der Waals surface area (Å²) in [4.78, 5) is 18.8. The van der Waals surface area contributed by atoms with Gasteiger partial charge in [-0.15, -0.1) is 0 Å². The van der Waals surface area contributed by atoms with Gasteiger partial charge >= 0.3 is 0 Å². The fourth-order valence-corrected chi connectivity index (χ4v) is 5.25. The standard InChI is InChI=1S/C24H26N4O5S/c1-3-32-19-8-6-16(7-9-19)23-25-22(33-26-23)15-27(2)34(30,31)20-10-11-21-18(14-20)12-13-28(21)24(29)17-4-5-17/h6-11,14,17H,3-5,12-13,15H2,1-2H3. The maximum absolute atomic E-state index is 13.2. The Morgan fingerprint density at radius 1 is 1.21 bits per heavy atom. The number of aromatic nitrogens is 2. The Bertz CT molecular complexity index is 1320. The number of fused-ring (bicyclic) bond motifs is 1. The van der Waals surface area contributed by atoms with Crippen molar-refractivity contribution in [3.8, 4) is 17.1 Å². The van der Waals surface area contributed by atoms with Gasteiger partial charge in [0.2, 0.25) is 27.6 Å². The van der Waals surface area contributed by atoms with Gasteiger partial charge in [-0.1, -0.05) is 5.16 Å². The highest BCUT2D eigenvalue weighted by molar-refractivity contribution is 7.89. The molecule has 10 heteroatoms. The molecule has 0 saturated heterocycles. The van der Waals surface area contributed by atoms with Crippen LogP contribution < -0.4 is 9.64 Å². The van der Waals surface area contributed by atoms with E-state index in [9.17, 15) is 13.2 Å². The number of hydrogen-bond acceptors (Lipinski definition) is 7. The van der Waals surface area contributed by atoms with Crippen LogP contribution in [-0.4, -0.2) is 49.0 Å². The fourth-order valence-electron chi connectivity index (χ4n) is 4.08. The van der Waals surface area contributed by atoms with Crippen molar-refractivity contribution in [2.45, 2.75) is 37.6 Å². The number of sulfonamides is 1. The first-order valence-electron chi connectivity index (χ1n) is 11.3. The van der Waals surface area contributed by atoms with E-state index in [-0.39, 0.29) is 29.2 Å². The van der Waals surface area contributed by atoms with Gasteiger partial charge in [0.05, 0.1) is 18.0 Å². The van der Waals surface area contributed by atoms with Crippen molar-refractivity contribution < 1.29 is 22.5 Å². The smallest absolute Gasteiger partial charge is 0.243 e. The number of anilines is 1. The second-order valence-corrected chi connectivity index (χ2v) is 10.6. The van der Waals surface area contributed by atoms with Crippen LogP contribution in [0.4, 0.5) is 5.69 Å². The lowest BCUT2D eigenvalue weighted by atomic mass is 10.2. The van der Waals surface area contributed by atoms with Crippen LogP contribution in [0.3, 0.4) is 0 Å². The van der Waals surface area contributed by atoms with Crippen LogP contribution in [0.5, 0.6) is 5.75 Å². The molecule has 178 valence electrons. The van der Waals surface area contributed by atoms with Crippen LogP contribution in [0, 0.1) is 5.92 Å². The van der Waals surface area contributed by atoms with E-state index >= 15 is 0 Å². The third kappa shape index (κ3) is 4.30. The van der Waals surface area contributed by atoms with Crippen LogP contribution in [0.1, 0.15) is 31.2 Å². The molecule has 2 aromatic carbocycles. The van der Waals surface area contributed by atoms with Gasteiger partial charge in [0, 0.05) is 30.8 Å². The Labute approximate surface area is 198 Å². The molecule has 1 aliphatic carbocycles. The zero-order chi connectivity index (χ0) is 23.9. The molecule has 2 aliphatic rings. The molecule has 0 bridgehead atoms. The Hall–Kier alpha value is -3.24. The van der Waals surface area contributed by atoms with E-state index in [1.54, 1.807) is 23.1 Å². The third-order valence-electron chi connectivity index (χ3n) is 6.10. The molecule has 0 N–H and O–H groups in total. The topological polar surface area (TPSA) is 106 Å². The van der Waals surface area contributed by atoms with Crippen molar-refractivity contribution >= 4 is 21.6 Å². The molecule has 0 unspecified atom stereocenters. The number of ether oxygens (including phenoxy) is 1. The summed E-state index contributed by atoms with van der Waals surface area (Å²) in [6.45, 7) is 3.03.